The molecule has 2 aromatic heterocycles. The predicted molar refractivity (Wildman–Crippen MR) is 101 cm³/mol. The summed E-state index contributed by atoms with van der Waals surface area (Å²) < 4.78 is 7.28. The summed E-state index contributed by atoms with van der Waals surface area (Å²) in [6.07, 6.45) is 3.25. The molecule has 0 amide bonds. The van der Waals surface area contributed by atoms with Crippen molar-refractivity contribution >= 4 is 29.2 Å². The van der Waals surface area contributed by atoms with E-state index in [0.29, 0.717) is 27.6 Å². The third kappa shape index (κ3) is 3.45. The second-order valence-corrected chi connectivity index (χ2v) is 6.64. The maximum atomic E-state index is 9.05. The zero-order valence-corrected chi connectivity index (χ0v) is 15.9. The Morgan fingerprint density at radius 2 is 1.92 bits per heavy atom. The first-order valence-electron chi connectivity index (χ1n) is 7.54. The molecule has 132 valence electrons. The highest BCUT2D eigenvalue weighted by Gasteiger charge is 2.14. The van der Waals surface area contributed by atoms with Crippen LogP contribution in [-0.4, -0.2) is 26.0 Å². The second-order valence-electron chi connectivity index (χ2n) is 5.49. The molecule has 2 heterocycles. The molecule has 3 rings (SSSR count). The van der Waals surface area contributed by atoms with Crippen LogP contribution in [0.15, 0.2) is 29.6 Å². The number of thioether (sulfide) groups is 1. The number of nitriles is 1. The molecule has 0 spiro atoms. The monoisotopic (exact) mass is 386 g/mol. The van der Waals surface area contributed by atoms with Crippen molar-refractivity contribution in [2.24, 2.45) is 0 Å². The van der Waals surface area contributed by atoms with Crippen molar-refractivity contribution in [3.05, 3.63) is 46.1 Å². The Labute approximate surface area is 159 Å². The van der Waals surface area contributed by atoms with Crippen molar-refractivity contribution in [2.75, 3.05) is 12.0 Å². The number of ether oxygens (including phenoxy) is 1. The predicted octanol–water partition coefficient (Wildman–Crippen LogP) is 3.90. The van der Waals surface area contributed by atoms with Crippen LogP contribution in [0, 0.1) is 25.2 Å². The maximum absolute atomic E-state index is 9.05. The fraction of sp³-hybridized carbons (Fsp3) is 0.176. The fourth-order valence-corrected chi connectivity index (χ4v) is 2.83. The second kappa shape index (κ2) is 7.23. The Kier molecular flexibility index (Phi) is 5.02. The van der Waals surface area contributed by atoms with Gasteiger partial charge in [0, 0.05) is 11.1 Å². The van der Waals surface area contributed by atoms with E-state index in [4.69, 9.17) is 27.3 Å². The largest absolute Gasteiger partial charge is 0.439 e. The van der Waals surface area contributed by atoms with Gasteiger partial charge in [0.2, 0.25) is 5.88 Å². The van der Waals surface area contributed by atoms with Crippen LogP contribution >= 0.6 is 23.4 Å². The van der Waals surface area contributed by atoms with Crippen molar-refractivity contribution < 1.29 is 4.74 Å². The van der Waals surface area contributed by atoms with Gasteiger partial charge < -0.3 is 10.5 Å². The Morgan fingerprint density at radius 1 is 1.23 bits per heavy atom. The average molecular weight is 387 g/mol. The summed E-state index contributed by atoms with van der Waals surface area (Å²) in [6, 6.07) is 7.28. The van der Waals surface area contributed by atoms with E-state index < -0.39 is 0 Å². The van der Waals surface area contributed by atoms with Crippen molar-refractivity contribution in [3.8, 4) is 23.5 Å². The Bertz CT molecular complexity index is 1000. The number of hydrogen-bond acceptors (Lipinski definition) is 7. The molecule has 0 radical (unpaired) electrons. The minimum atomic E-state index is 0.211. The van der Waals surface area contributed by atoms with Crippen LogP contribution in [0.4, 0.5) is 5.82 Å². The van der Waals surface area contributed by atoms with E-state index in [9.17, 15) is 0 Å². The molecule has 0 atom stereocenters. The van der Waals surface area contributed by atoms with E-state index >= 15 is 0 Å². The molecule has 7 nitrogen and oxygen atoms in total. The third-order valence-corrected chi connectivity index (χ3v) is 4.77. The smallest absolute Gasteiger partial charge is 0.225 e. The van der Waals surface area contributed by atoms with E-state index in [0.717, 1.165) is 11.1 Å². The highest BCUT2D eigenvalue weighted by Crippen LogP contribution is 2.30. The van der Waals surface area contributed by atoms with Crippen molar-refractivity contribution in [1.82, 2.24) is 19.7 Å². The summed E-state index contributed by atoms with van der Waals surface area (Å²) in [5.74, 6) is 1.59. The SMILES string of the molecule is CSc1nc(Oc2cc(C)c(Cl)c(C)c2)cc(-n2ncc(C#N)c2N)n1. The van der Waals surface area contributed by atoms with Gasteiger partial charge in [-0.1, -0.05) is 23.4 Å². The van der Waals surface area contributed by atoms with Gasteiger partial charge in [0.25, 0.3) is 0 Å². The first-order valence-corrected chi connectivity index (χ1v) is 9.15. The van der Waals surface area contributed by atoms with Gasteiger partial charge in [0.15, 0.2) is 11.0 Å². The lowest BCUT2D eigenvalue weighted by molar-refractivity contribution is 0.454. The number of hydrogen-bond donors (Lipinski definition) is 1. The molecule has 2 N–H and O–H groups in total. The van der Waals surface area contributed by atoms with E-state index in [1.54, 1.807) is 6.07 Å². The van der Waals surface area contributed by atoms with Crippen LogP contribution in [0.5, 0.6) is 11.6 Å². The minimum absolute atomic E-state index is 0.211. The van der Waals surface area contributed by atoms with E-state index in [1.165, 1.54) is 22.6 Å². The molecule has 26 heavy (non-hydrogen) atoms. The van der Waals surface area contributed by atoms with E-state index in [1.807, 2.05) is 38.3 Å². The number of nitrogens with two attached hydrogens (primary N) is 1. The van der Waals surface area contributed by atoms with Crippen molar-refractivity contribution in [3.63, 3.8) is 0 Å². The molecule has 0 unspecified atom stereocenters. The number of aryl methyl sites for hydroxylation is 2. The number of benzene rings is 1. The van der Waals surface area contributed by atoms with Crippen LogP contribution in [0.2, 0.25) is 5.02 Å². The van der Waals surface area contributed by atoms with Gasteiger partial charge in [-0.15, -0.1) is 0 Å². The number of nitrogen functional groups attached to an aromatic ring is 1. The van der Waals surface area contributed by atoms with Gasteiger partial charge in [0.1, 0.15) is 23.2 Å². The van der Waals surface area contributed by atoms with Gasteiger partial charge in [-0.2, -0.15) is 20.0 Å². The first-order chi connectivity index (χ1) is 12.4. The molecule has 1 aromatic carbocycles. The molecular formula is C17H15ClN6OS. The fourth-order valence-electron chi connectivity index (χ4n) is 2.36. The molecule has 0 aliphatic carbocycles. The lowest BCUT2D eigenvalue weighted by atomic mass is 10.1. The molecule has 0 saturated heterocycles. The Morgan fingerprint density at radius 3 is 2.50 bits per heavy atom. The van der Waals surface area contributed by atoms with Crippen molar-refractivity contribution in [1.29, 1.82) is 5.26 Å². The van der Waals surface area contributed by atoms with E-state index in [-0.39, 0.29) is 11.4 Å². The third-order valence-electron chi connectivity index (χ3n) is 3.63. The lowest BCUT2D eigenvalue weighted by Crippen LogP contribution is -2.06. The number of anilines is 1. The number of nitrogens with zero attached hydrogens (tertiary/aromatic N) is 5. The molecule has 3 aromatic rings. The van der Waals surface area contributed by atoms with Gasteiger partial charge in [0.05, 0.1) is 6.20 Å². The average Bonchev–Trinajstić information content (AvgIpc) is 2.99. The summed E-state index contributed by atoms with van der Waals surface area (Å²) in [5.41, 5.74) is 8.06. The molecule has 0 aliphatic rings. The van der Waals surface area contributed by atoms with Gasteiger partial charge in [-0.05, 0) is 43.4 Å². The zero-order chi connectivity index (χ0) is 18.8. The highest BCUT2D eigenvalue weighted by molar-refractivity contribution is 7.98. The number of aromatic nitrogens is 4. The number of halogens is 1. The van der Waals surface area contributed by atoms with Crippen molar-refractivity contribution in [2.45, 2.75) is 19.0 Å². The number of rotatable bonds is 4. The first kappa shape index (κ1) is 18.0. The van der Waals surface area contributed by atoms with Gasteiger partial charge in [-0.25, -0.2) is 4.98 Å². The van der Waals surface area contributed by atoms with Gasteiger partial charge in [-0.3, -0.25) is 0 Å². The normalized spacial score (nSPS) is 10.6. The van der Waals surface area contributed by atoms with Crippen LogP contribution in [-0.2, 0) is 0 Å². The van der Waals surface area contributed by atoms with Crippen LogP contribution in [0.3, 0.4) is 0 Å². The summed E-state index contributed by atoms with van der Waals surface area (Å²) in [4.78, 5) is 8.74. The van der Waals surface area contributed by atoms with E-state index in [2.05, 4.69) is 15.1 Å². The van der Waals surface area contributed by atoms with Crippen LogP contribution in [0.1, 0.15) is 16.7 Å². The molecule has 0 fully saturated rings. The highest BCUT2D eigenvalue weighted by atomic mass is 35.5. The Balaban J connectivity index is 2.03. The minimum Gasteiger partial charge on any atom is -0.439 e. The maximum Gasteiger partial charge on any atom is 0.225 e. The summed E-state index contributed by atoms with van der Waals surface area (Å²) in [7, 11) is 0. The van der Waals surface area contributed by atoms with Crippen LogP contribution < -0.4 is 10.5 Å². The molecule has 0 aliphatic heterocycles. The topological polar surface area (TPSA) is 103 Å². The summed E-state index contributed by atoms with van der Waals surface area (Å²) in [6.45, 7) is 3.82. The molecule has 0 bridgehead atoms. The Hall–Kier alpha value is -2.76. The molecular weight excluding hydrogens is 372 g/mol. The summed E-state index contributed by atoms with van der Waals surface area (Å²) >= 11 is 7.56. The molecule has 0 saturated carbocycles. The lowest BCUT2D eigenvalue weighted by Gasteiger charge is -2.11. The van der Waals surface area contributed by atoms with Crippen LogP contribution in [0.25, 0.3) is 5.82 Å². The standard InChI is InChI=1S/C17H15ClN6OS/c1-9-4-12(5-10(2)15(9)18)25-14-6-13(22-17(23-14)26-3)24-16(20)11(7-19)8-21-24/h4-6,8H,20H2,1-3H3. The molecule has 9 heteroatoms. The zero-order valence-electron chi connectivity index (χ0n) is 14.3. The quantitative estimate of drug-likeness (QED) is 0.535. The summed E-state index contributed by atoms with van der Waals surface area (Å²) in [5, 5.41) is 14.4. The van der Waals surface area contributed by atoms with Gasteiger partial charge >= 0.3 is 0 Å².